The first-order valence-electron chi connectivity index (χ1n) is 7.28. The van der Waals surface area contributed by atoms with Crippen molar-refractivity contribution >= 4 is 15.7 Å². The second-order valence-electron chi connectivity index (χ2n) is 5.55. The lowest BCUT2D eigenvalue weighted by Crippen LogP contribution is -2.39. The van der Waals surface area contributed by atoms with Crippen LogP contribution in [0, 0.1) is 5.82 Å². The summed E-state index contributed by atoms with van der Waals surface area (Å²) in [5, 5.41) is 0. The molecule has 1 aliphatic heterocycles. The molecule has 0 spiro atoms. The smallest absolute Gasteiger partial charge is 0.238 e. The largest absolute Gasteiger partial charge is 0.337 e. The number of sulfone groups is 1. The molecule has 6 heteroatoms. The number of carbonyl (C=O) groups excluding carboxylic acids is 1. The second kappa shape index (κ2) is 6.12. The summed E-state index contributed by atoms with van der Waals surface area (Å²) in [6, 6.07) is 12.4. The summed E-state index contributed by atoms with van der Waals surface area (Å²) >= 11 is 0. The number of carbonyl (C=O) groups is 1. The van der Waals surface area contributed by atoms with Crippen molar-refractivity contribution in [3.63, 3.8) is 0 Å². The highest BCUT2D eigenvalue weighted by Crippen LogP contribution is 2.20. The fraction of sp³-hybridized carbons (Fsp3) is 0.235. The van der Waals surface area contributed by atoms with Gasteiger partial charge in [0.05, 0.1) is 4.90 Å². The van der Waals surface area contributed by atoms with Crippen LogP contribution in [0.5, 0.6) is 0 Å². The third-order valence-corrected chi connectivity index (χ3v) is 5.59. The van der Waals surface area contributed by atoms with Crippen molar-refractivity contribution in [3.8, 4) is 0 Å². The van der Waals surface area contributed by atoms with E-state index in [0.717, 1.165) is 24.1 Å². The van der Waals surface area contributed by atoms with Gasteiger partial charge in [-0.2, -0.15) is 0 Å². The van der Waals surface area contributed by atoms with E-state index in [-0.39, 0.29) is 4.90 Å². The number of hydrogen-bond acceptors (Lipinski definition) is 3. The van der Waals surface area contributed by atoms with Crippen molar-refractivity contribution in [2.24, 2.45) is 0 Å². The summed E-state index contributed by atoms with van der Waals surface area (Å²) in [4.78, 5) is 13.9. The van der Waals surface area contributed by atoms with E-state index in [1.165, 1.54) is 17.7 Å². The summed E-state index contributed by atoms with van der Waals surface area (Å²) in [5.41, 5.74) is 2.24. The number of amides is 1. The Labute approximate surface area is 134 Å². The normalized spacial score (nSPS) is 14.4. The minimum atomic E-state index is -3.76. The van der Waals surface area contributed by atoms with Gasteiger partial charge >= 0.3 is 0 Å². The van der Waals surface area contributed by atoms with E-state index in [2.05, 4.69) is 0 Å². The van der Waals surface area contributed by atoms with Crippen molar-refractivity contribution in [2.75, 3.05) is 12.3 Å². The topological polar surface area (TPSA) is 54.5 Å². The van der Waals surface area contributed by atoms with Crippen molar-refractivity contribution in [3.05, 3.63) is 65.5 Å². The SMILES string of the molecule is O=C(CS(=O)(=O)c1ccc(F)cc1)N1CCc2ccccc2C1. The molecule has 1 amide bonds. The first-order chi connectivity index (χ1) is 11.0. The number of nitrogens with zero attached hydrogens (tertiary/aromatic N) is 1. The van der Waals surface area contributed by atoms with E-state index in [1.54, 1.807) is 4.90 Å². The predicted octanol–water partition coefficient (Wildman–Crippen LogP) is 2.18. The molecule has 0 radical (unpaired) electrons. The van der Waals surface area contributed by atoms with E-state index >= 15 is 0 Å². The Morgan fingerprint density at radius 2 is 1.70 bits per heavy atom. The van der Waals surface area contributed by atoms with Crippen LogP contribution in [0.3, 0.4) is 0 Å². The molecule has 0 saturated heterocycles. The molecule has 0 unspecified atom stereocenters. The zero-order valence-corrected chi connectivity index (χ0v) is 13.2. The molecule has 3 rings (SSSR count). The molecule has 0 saturated carbocycles. The number of rotatable bonds is 3. The fourth-order valence-electron chi connectivity index (χ4n) is 2.69. The Morgan fingerprint density at radius 3 is 2.39 bits per heavy atom. The van der Waals surface area contributed by atoms with E-state index in [9.17, 15) is 17.6 Å². The van der Waals surface area contributed by atoms with Crippen molar-refractivity contribution < 1.29 is 17.6 Å². The number of fused-ring (bicyclic) bond motifs is 1. The van der Waals surface area contributed by atoms with Gasteiger partial charge in [0.25, 0.3) is 0 Å². The van der Waals surface area contributed by atoms with Gasteiger partial charge in [0.2, 0.25) is 5.91 Å². The van der Waals surface area contributed by atoms with Gasteiger partial charge in [-0.1, -0.05) is 24.3 Å². The van der Waals surface area contributed by atoms with Crippen LogP contribution in [0.4, 0.5) is 4.39 Å². The molecule has 0 aromatic heterocycles. The molecule has 23 heavy (non-hydrogen) atoms. The molecule has 120 valence electrons. The Morgan fingerprint density at radius 1 is 1.04 bits per heavy atom. The maximum Gasteiger partial charge on any atom is 0.238 e. The van der Waals surface area contributed by atoms with Crippen LogP contribution in [0.15, 0.2) is 53.4 Å². The first kappa shape index (κ1) is 15.7. The predicted molar refractivity (Wildman–Crippen MR) is 84.0 cm³/mol. The minimum Gasteiger partial charge on any atom is -0.337 e. The minimum absolute atomic E-state index is 0.0374. The maximum atomic E-state index is 12.9. The summed E-state index contributed by atoms with van der Waals surface area (Å²) in [6.45, 7) is 0.933. The molecular formula is C17H16FNO3S. The molecule has 1 aliphatic rings. The Hall–Kier alpha value is -2.21. The van der Waals surface area contributed by atoms with E-state index in [4.69, 9.17) is 0 Å². The zero-order chi connectivity index (χ0) is 16.4. The van der Waals surface area contributed by atoms with Crippen molar-refractivity contribution in [2.45, 2.75) is 17.9 Å². The van der Waals surface area contributed by atoms with Crippen LogP contribution in [0.1, 0.15) is 11.1 Å². The molecule has 0 N–H and O–H groups in total. The molecule has 0 fully saturated rings. The van der Waals surface area contributed by atoms with Crippen molar-refractivity contribution in [1.29, 1.82) is 0 Å². The van der Waals surface area contributed by atoms with Gasteiger partial charge in [-0.25, -0.2) is 12.8 Å². The van der Waals surface area contributed by atoms with Crippen LogP contribution in [-0.4, -0.2) is 31.5 Å². The second-order valence-corrected chi connectivity index (χ2v) is 7.54. The molecule has 2 aromatic carbocycles. The van der Waals surface area contributed by atoms with E-state index in [0.29, 0.717) is 13.1 Å². The molecule has 2 aromatic rings. The highest BCUT2D eigenvalue weighted by molar-refractivity contribution is 7.92. The van der Waals surface area contributed by atoms with E-state index in [1.807, 2.05) is 24.3 Å². The van der Waals surface area contributed by atoms with Gasteiger partial charge in [0.15, 0.2) is 9.84 Å². The monoisotopic (exact) mass is 333 g/mol. The molecule has 4 nitrogen and oxygen atoms in total. The Kier molecular flexibility index (Phi) is 4.17. The van der Waals surface area contributed by atoms with Gasteiger partial charge in [0.1, 0.15) is 11.6 Å². The average molecular weight is 333 g/mol. The first-order valence-corrected chi connectivity index (χ1v) is 8.94. The van der Waals surface area contributed by atoms with Crippen LogP contribution >= 0.6 is 0 Å². The standard InChI is InChI=1S/C17H16FNO3S/c18-15-5-7-16(8-6-15)23(21,22)12-17(20)19-10-9-13-3-1-2-4-14(13)11-19/h1-8H,9-12H2. The summed E-state index contributed by atoms with van der Waals surface area (Å²) in [6.07, 6.45) is 0.721. The van der Waals surface area contributed by atoms with Gasteiger partial charge in [-0.3, -0.25) is 4.79 Å². The third kappa shape index (κ3) is 3.42. The fourth-order valence-corrected chi connectivity index (χ4v) is 3.91. The highest BCUT2D eigenvalue weighted by Gasteiger charge is 2.26. The highest BCUT2D eigenvalue weighted by atomic mass is 32.2. The van der Waals surface area contributed by atoms with Crippen LogP contribution in [0.2, 0.25) is 0 Å². The van der Waals surface area contributed by atoms with Crippen LogP contribution < -0.4 is 0 Å². The molecular weight excluding hydrogens is 317 g/mol. The zero-order valence-electron chi connectivity index (χ0n) is 12.4. The van der Waals surface area contributed by atoms with Crippen LogP contribution in [-0.2, 0) is 27.6 Å². The molecule has 0 aliphatic carbocycles. The Balaban J connectivity index is 1.73. The Bertz CT molecular complexity index is 831. The summed E-state index contributed by atoms with van der Waals surface area (Å²) < 4.78 is 37.4. The van der Waals surface area contributed by atoms with Crippen molar-refractivity contribution in [1.82, 2.24) is 4.90 Å². The molecule has 0 bridgehead atoms. The lowest BCUT2D eigenvalue weighted by molar-refractivity contribution is -0.129. The maximum absolute atomic E-state index is 12.9. The van der Waals surface area contributed by atoms with Crippen LogP contribution in [0.25, 0.3) is 0 Å². The third-order valence-electron chi connectivity index (χ3n) is 3.97. The average Bonchev–Trinajstić information content (AvgIpc) is 2.54. The molecule has 0 atom stereocenters. The number of hydrogen-bond donors (Lipinski definition) is 0. The number of halogens is 1. The number of benzene rings is 2. The summed E-state index contributed by atoms with van der Waals surface area (Å²) in [5.74, 6) is -1.53. The van der Waals surface area contributed by atoms with Gasteiger partial charge in [-0.05, 0) is 41.8 Å². The van der Waals surface area contributed by atoms with Gasteiger partial charge < -0.3 is 4.90 Å². The van der Waals surface area contributed by atoms with Gasteiger partial charge in [-0.15, -0.1) is 0 Å². The quantitative estimate of drug-likeness (QED) is 0.809. The van der Waals surface area contributed by atoms with E-state index < -0.39 is 27.3 Å². The van der Waals surface area contributed by atoms with Gasteiger partial charge in [0, 0.05) is 13.1 Å². The molecule has 1 heterocycles. The lowest BCUT2D eigenvalue weighted by atomic mass is 10.00. The lowest BCUT2D eigenvalue weighted by Gasteiger charge is -2.28. The summed E-state index contributed by atoms with van der Waals surface area (Å²) in [7, 11) is -3.76.